The quantitative estimate of drug-likeness (QED) is 0.753. The zero-order valence-corrected chi connectivity index (χ0v) is 12.4. The van der Waals surface area contributed by atoms with Crippen molar-refractivity contribution in [3.63, 3.8) is 0 Å². The highest BCUT2D eigenvalue weighted by Gasteiger charge is 2.16. The van der Waals surface area contributed by atoms with E-state index in [9.17, 15) is 5.11 Å². The summed E-state index contributed by atoms with van der Waals surface area (Å²) in [5, 5.41) is 9.88. The monoisotopic (exact) mass is 279 g/mol. The first-order chi connectivity index (χ1) is 9.65. The Hall–Kier alpha value is -1.10. The molecule has 1 aromatic rings. The van der Waals surface area contributed by atoms with E-state index in [1.54, 1.807) is 0 Å². The minimum absolute atomic E-state index is 0.269. The summed E-state index contributed by atoms with van der Waals surface area (Å²) in [6.07, 6.45) is 4.44. The molecule has 0 saturated heterocycles. The summed E-state index contributed by atoms with van der Waals surface area (Å²) in [5.74, 6) is 0.834. The van der Waals surface area contributed by atoms with Gasteiger partial charge in [0.15, 0.2) is 0 Å². The van der Waals surface area contributed by atoms with Gasteiger partial charge in [0.2, 0.25) is 0 Å². The molecule has 4 nitrogen and oxygen atoms in total. The second kappa shape index (κ2) is 7.62. The average molecular weight is 279 g/mol. The normalized spacial score (nSPS) is 17.4. The molecule has 0 bridgehead atoms. The van der Waals surface area contributed by atoms with Crippen LogP contribution in [-0.4, -0.2) is 30.5 Å². The van der Waals surface area contributed by atoms with Crippen molar-refractivity contribution in [1.29, 1.82) is 0 Å². The fraction of sp³-hybridized carbons (Fsp3) is 0.625. The van der Waals surface area contributed by atoms with Crippen molar-refractivity contribution in [2.45, 2.75) is 51.7 Å². The van der Waals surface area contributed by atoms with E-state index in [0.29, 0.717) is 12.6 Å². The molecule has 0 amide bonds. The number of aliphatic hydroxyl groups excluding tert-OH is 1. The van der Waals surface area contributed by atoms with E-state index in [-0.39, 0.29) is 6.61 Å². The van der Waals surface area contributed by atoms with Crippen LogP contribution >= 0.6 is 0 Å². The molecule has 1 unspecified atom stereocenters. The molecule has 1 aromatic carbocycles. The van der Waals surface area contributed by atoms with Gasteiger partial charge in [0, 0.05) is 0 Å². The lowest BCUT2D eigenvalue weighted by molar-refractivity contribution is -0.0417. The fourth-order valence-electron chi connectivity index (χ4n) is 2.38. The lowest BCUT2D eigenvalue weighted by Crippen LogP contribution is -2.33. The second-order valence-electron chi connectivity index (χ2n) is 5.61. The third-order valence-corrected chi connectivity index (χ3v) is 3.65. The van der Waals surface area contributed by atoms with Crippen molar-refractivity contribution in [2.75, 3.05) is 13.2 Å². The largest absolute Gasteiger partial charge is 0.491 e. The molecule has 1 aliphatic rings. The molecule has 0 aromatic heterocycles. The van der Waals surface area contributed by atoms with Gasteiger partial charge in [-0.05, 0) is 43.9 Å². The molecule has 0 spiro atoms. The van der Waals surface area contributed by atoms with Gasteiger partial charge in [0.25, 0.3) is 0 Å². The molecule has 0 radical (unpaired) electrons. The Morgan fingerprint density at radius 2 is 2.05 bits per heavy atom. The minimum Gasteiger partial charge on any atom is -0.491 e. The van der Waals surface area contributed by atoms with Crippen LogP contribution in [0.25, 0.3) is 0 Å². The van der Waals surface area contributed by atoms with Gasteiger partial charge in [-0.25, -0.2) is 0 Å². The van der Waals surface area contributed by atoms with Crippen LogP contribution in [0, 0.1) is 13.8 Å². The van der Waals surface area contributed by atoms with Gasteiger partial charge in [-0.2, -0.15) is 5.48 Å². The summed E-state index contributed by atoms with van der Waals surface area (Å²) in [6.45, 7) is 4.69. The summed E-state index contributed by atoms with van der Waals surface area (Å²) in [6, 6.07) is 6.07. The Labute approximate surface area is 121 Å². The van der Waals surface area contributed by atoms with Crippen LogP contribution in [0.2, 0.25) is 0 Å². The number of hydrogen-bond acceptors (Lipinski definition) is 4. The number of aliphatic hydroxyl groups is 1. The first kappa shape index (κ1) is 15.3. The average Bonchev–Trinajstić information content (AvgIpc) is 2.93. The molecule has 2 N–H and O–H groups in total. The van der Waals surface area contributed by atoms with Gasteiger partial charge in [-0.3, -0.25) is 4.84 Å². The third-order valence-electron chi connectivity index (χ3n) is 3.65. The zero-order valence-electron chi connectivity index (χ0n) is 12.4. The molecule has 1 atom stereocenters. The first-order valence-corrected chi connectivity index (χ1v) is 7.42. The smallest absolute Gasteiger partial charge is 0.122 e. The van der Waals surface area contributed by atoms with Crippen molar-refractivity contribution in [2.24, 2.45) is 0 Å². The van der Waals surface area contributed by atoms with Gasteiger partial charge in [-0.1, -0.05) is 25.0 Å². The summed E-state index contributed by atoms with van der Waals surface area (Å²) < 4.78 is 5.66. The first-order valence-electron chi connectivity index (χ1n) is 7.42. The van der Waals surface area contributed by atoms with Crippen LogP contribution in [0.3, 0.4) is 0 Å². The van der Waals surface area contributed by atoms with Crippen LogP contribution in [0.4, 0.5) is 0 Å². The van der Waals surface area contributed by atoms with Crippen LogP contribution in [0.1, 0.15) is 36.8 Å². The van der Waals surface area contributed by atoms with E-state index < -0.39 is 6.10 Å². The molecule has 1 saturated carbocycles. The minimum atomic E-state index is -0.573. The number of hydroxylamine groups is 1. The lowest BCUT2D eigenvalue weighted by Gasteiger charge is -2.16. The highest BCUT2D eigenvalue weighted by Crippen LogP contribution is 2.20. The van der Waals surface area contributed by atoms with Gasteiger partial charge >= 0.3 is 0 Å². The van der Waals surface area contributed by atoms with Crippen LogP contribution in [-0.2, 0) is 4.84 Å². The molecular formula is C16H25NO3. The van der Waals surface area contributed by atoms with Crippen molar-refractivity contribution >= 4 is 0 Å². The molecular weight excluding hydrogens is 254 g/mol. The maximum absolute atomic E-state index is 9.88. The van der Waals surface area contributed by atoms with Crippen molar-refractivity contribution < 1.29 is 14.7 Å². The van der Waals surface area contributed by atoms with Gasteiger partial charge in [-0.15, -0.1) is 0 Å². The summed E-state index contributed by atoms with van der Waals surface area (Å²) in [5.41, 5.74) is 5.10. The standard InChI is InChI=1S/C16H25NO3/c1-12-7-8-13(2)16(9-12)19-11-14(18)10-17-20-15-5-3-4-6-15/h7-9,14-15,17-18H,3-6,10-11H2,1-2H3. The highest BCUT2D eigenvalue weighted by atomic mass is 16.7. The maximum atomic E-state index is 9.88. The predicted molar refractivity (Wildman–Crippen MR) is 78.8 cm³/mol. The van der Waals surface area contributed by atoms with Crippen LogP contribution in [0.5, 0.6) is 5.75 Å². The topological polar surface area (TPSA) is 50.7 Å². The Bertz CT molecular complexity index is 416. The molecule has 4 heteroatoms. The van der Waals surface area contributed by atoms with E-state index in [4.69, 9.17) is 9.57 Å². The molecule has 1 aliphatic carbocycles. The fourth-order valence-corrected chi connectivity index (χ4v) is 2.38. The number of benzene rings is 1. The van der Waals surface area contributed by atoms with Crippen LogP contribution < -0.4 is 10.2 Å². The van der Waals surface area contributed by atoms with Crippen molar-refractivity contribution in [3.05, 3.63) is 29.3 Å². The van der Waals surface area contributed by atoms with Crippen molar-refractivity contribution in [3.8, 4) is 5.75 Å². The number of rotatable bonds is 7. The number of aryl methyl sites for hydroxylation is 2. The summed E-state index contributed by atoms with van der Waals surface area (Å²) in [4.78, 5) is 5.50. The van der Waals surface area contributed by atoms with Gasteiger partial charge < -0.3 is 9.84 Å². The van der Waals surface area contributed by atoms with E-state index in [2.05, 4.69) is 11.5 Å². The Morgan fingerprint density at radius 3 is 2.80 bits per heavy atom. The molecule has 0 heterocycles. The summed E-state index contributed by atoms with van der Waals surface area (Å²) >= 11 is 0. The molecule has 112 valence electrons. The molecule has 2 rings (SSSR count). The summed E-state index contributed by atoms with van der Waals surface area (Å²) in [7, 11) is 0. The maximum Gasteiger partial charge on any atom is 0.122 e. The van der Waals surface area contributed by atoms with E-state index in [1.807, 2.05) is 26.0 Å². The number of nitrogens with one attached hydrogen (secondary N) is 1. The second-order valence-corrected chi connectivity index (χ2v) is 5.61. The lowest BCUT2D eigenvalue weighted by atomic mass is 10.1. The Balaban J connectivity index is 1.66. The highest BCUT2D eigenvalue weighted by molar-refractivity contribution is 5.35. The number of ether oxygens (including phenoxy) is 1. The van der Waals surface area contributed by atoms with Gasteiger partial charge in [0.05, 0.1) is 12.6 Å². The number of hydrogen-bond donors (Lipinski definition) is 2. The van der Waals surface area contributed by atoms with Gasteiger partial charge in [0.1, 0.15) is 18.5 Å². The Morgan fingerprint density at radius 1 is 1.30 bits per heavy atom. The predicted octanol–water partition coefficient (Wildman–Crippen LogP) is 2.51. The van der Waals surface area contributed by atoms with E-state index in [1.165, 1.54) is 12.8 Å². The zero-order chi connectivity index (χ0) is 14.4. The van der Waals surface area contributed by atoms with Crippen LogP contribution in [0.15, 0.2) is 18.2 Å². The molecule has 1 fully saturated rings. The van der Waals surface area contributed by atoms with E-state index in [0.717, 1.165) is 29.7 Å². The Kier molecular flexibility index (Phi) is 5.83. The molecule has 0 aliphatic heterocycles. The third kappa shape index (κ3) is 4.78. The van der Waals surface area contributed by atoms with Crippen molar-refractivity contribution in [1.82, 2.24) is 5.48 Å². The molecule has 20 heavy (non-hydrogen) atoms. The van der Waals surface area contributed by atoms with E-state index >= 15 is 0 Å². The SMILES string of the molecule is Cc1ccc(C)c(OCC(O)CNOC2CCCC2)c1.